The molecular weight excluding hydrogens is 1130 g/mol. The summed E-state index contributed by atoms with van der Waals surface area (Å²) in [4.78, 5) is 4.96. The lowest BCUT2D eigenvalue weighted by atomic mass is 9.56. The zero-order valence-corrected chi connectivity index (χ0v) is 52.3. The SMILES string of the molecule is C[C@@]12C=CC=CC1c1cc(-c3cc(N(c4ccc(-c5ccccc5)cc4)c4ccc(-c5ccccc5)c(-c5ccccc5)c4)cc(N(c4ccc(-c5ccccc5)cc4)c4ccc(-c5ccccc5)c(-c5ccccc5)c4)c3)ccc1C21c2ccccc2-c2ccccc21. The molecule has 0 radical (unpaired) electrons. The minimum atomic E-state index is -0.414. The molecule has 0 aromatic heterocycles. The standard InChI is InChI=1S/C92H66N2/c1-91-57-25-24-40-87(91)86-60-72(47-56-90(86)92(91)88-41-22-20-38-82(88)83-39-21-23-42-89(83)92)73-58-78(93(74-48-43-66(44-49-74)64-26-8-2-9-27-64)76-52-54-80(68-30-12-4-13-31-68)84(62-76)70-34-16-6-17-35-70)61-79(59-73)94(75-50-45-67(46-51-75)65-28-10-3-11-29-65)77-53-55-81(69-32-14-5-15-33-69)85(63-77)71-36-18-7-19-37-71/h2-63,87H,1H3/t87?,91-/m1/s1. The fourth-order valence-corrected chi connectivity index (χ4v) is 15.8. The third-order valence-corrected chi connectivity index (χ3v) is 20.1. The maximum absolute atomic E-state index is 2.55. The number of nitrogens with zero attached hydrogens (tertiary/aromatic N) is 2. The van der Waals surface area contributed by atoms with E-state index in [2.05, 4.69) is 393 Å². The van der Waals surface area contributed by atoms with Crippen molar-refractivity contribution in [1.82, 2.24) is 0 Å². The van der Waals surface area contributed by atoms with Gasteiger partial charge in [-0.05, 0) is 178 Å². The first-order valence-electron chi connectivity index (χ1n) is 32.7. The second-order valence-corrected chi connectivity index (χ2v) is 25.3. The molecule has 14 aromatic carbocycles. The summed E-state index contributed by atoms with van der Waals surface area (Å²) in [5.41, 5.74) is 29.8. The van der Waals surface area contributed by atoms with Gasteiger partial charge in [0.2, 0.25) is 0 Å². The molecule has 0 bridgehead atoms. The van der Waals surface area contributed by atoms with Crippen LogP contribution in [0.3, 0.4) is 0 Å². The van der Waals surface area contributed by atoms with Crippen LogP contribution in [-0.2, 0) is 5.41 Å². The van der Waals surface area contributed by atoms with E-state index < -0.39 is 5.41 Å². The number of benzene rings is 14. The molecule has 0 amide bonds. The van der Waals surface area contributed by atoms with Crippen molar-refractivity contribution in [3.05, 3.63) is 398 Å². The Morgan fingerprint density at radius 1 is 0.234 bits per heavy atom. The maximum Gasteiger partial charge on any atom is 0.0563 e. The number of rotatable bonds is 13. The second kappa shape index (κ2) is 23.4. The van der Waals surface area contributed by atoms with Gasteiger partial charge in [-0.2, -0.15) is 0 Å². The number of anilines is 6. The first-order chi connectivity index (χ1) is 46.5. The number of hydrogen-bond donors (Lipinski definition) is 0. The Labute approximate surface area is 551 Å². The fourth-order valence-electron chi connectivity index (χ4n) is 15.8. The molecule has 2 atom stereocenters. The first kappa shape index (κ1) is 56.2. The molecule has 0 heterocycles. The molecule has 444 valence electrons. The van der Waals surface area contributed by atoms with Gasteiger partial charge in [0.1, 0.15) is 0 Å². The summed E-state index contributed by atoms with van der Waals surface area (Å²) in [6.07, 6.45) is 9.54. The quantitative estimate of drug-likeness (QED) is 0.114. The molecule has 1 unspecified atom stereocenters. The zero-order chi connectivity index (χ0) is 62.6. The highest BCUT2D eigenvalue weighted by molar-refractivity contribution is 5.95. The van der Waals surface area contributed by atoms with Gasteiger partial charge in [0, 0.05) is 45.5 Å². The van der Waals surface area contributed by atoms with Crippen molar-refractivity contribution in [2.24, 2.45) is 5.41 Å². The van der Waals surface area contributed by atoms with Gasteiger partial charge < -0.3 is 9.80 Å². The van der Waals surface area contributed by atoms with Crippen LogP contribution in [-0.4, -0.2) is 0 Å². The van der Waals surface area contributed by atoms with Gasteiger partial charge in [-0.1, -0.05) is 316 Å². The molecule has 2 nitrogen and oxygen atoms in total. The number of hydrogen-bond acceptors (Lipinski definition) is 2. The summed E-state index contributed by atoms with van der Waals surface area (Å²) < 4.78 is 0. The Morgan fingerprint density at radius 2 is 0.596 bits per heavy atom. The van der Waals surface area contributed by atoms with Crippen molar-refractivity contribution in [2.45, 2.75) is 18.3 Å². The summed E-state index contributed by atoms with van der Waals surface area (Å²) in [6, 6.07) is 130. The summed E-state index contributed by atoms with van der Waals surface area (Å²) >= 11 is 0. The minimum absolute atomic E-state index is 0.104. The van der Waals surface area contributed by atoms with Crippen molar-refractivity contribution in [2.75, 3.05) is 9.80 Å². The largest absolute Gasteiger partial charge is 0.310 e. The van der Waals surface area contributed by atoms with Crippen LogP contribution >= 0.6 is 0 Å². The van der Waals surface area contributed by atoms with E-state index in [1.165, 1.54) is 66.8 Å². The van der Waals surface area contributed by atoms with Gasteiger partial charge in [-0.3, -0.25) is 0 Å². The molecule has 0 fully saturated rings. The van der Waals surface area contributed by atoms with Crippen LogP contribution in [0.5, 0.6) is 0 Å². The highest BCUT2D eigenvalue weighted by atomic mass is 15.2. The third-order valence-electron chi connectivity index (χ3n) is 20.1. The smallest absolute Gasteiger partial charge is 0.0563 e. The Hall–Kier alpha value is -11.8. The molecule has 0 N–H and O–H groups in total. The molecule has 0 saturated carbocycles. The Balaban J connectivity index is 0.938. The van der Waals surface area contributed by atoms with Crippen LogP contribution in [0.4, 0.5) is 34.1 Å². The van der Waals surface area contributed by atoms with Crippen molar-refractivity contribution >= 4 is 34.1 Å². The fraction of sp³-hybridized carbons (Fsp3) is 0.0435. The summed E-state index contributed by atoms with van der Waals surface area (Å²) in [5, 5.41) is 0. The van der Waals surface area contributed by atoms with E-state index in [0.29, 0.717) is 0 Å². The van der Waals surface area contributed by atoms with E-state index in [-0.39, 0.29) is 11.3 Å². The highest BCUT2D eigenvalue weighted by Crippen LogP contribution is 2.71. The molecule has 1 spiro atoms. The number of allylic oxidation sites excluding steroid dienone is 4. The minimum Gasteiger partial charge on any atom is -0.310 e. The molecule has 0 saturated heterocycles. The van der Waals surface area contributed by atoms with E-state index in [4.69, 9.17) is 0 Å². The lowest BCUT2D eigenvalue weighted by Gasteiger charge is -2.45. The Kier molecular flexibility index (Phi) is 14.0. The van der Waals surface area contributed by atoms with Gasteiger partial charge in [-0.25, -0.2) is 0 Å². The number of fused-ring (bicyclic) bond motifs is 10. The lowest BCUT2D eigenvalue weighted by molar-refractivity contribution is 0.294. The van der Waals surface area contributed by atoms with Crippen LogP contribution in [0.1, 0.15) is 35.1 Å². The van der Waals surface area contributed by atoms with Gasteiger partial charge in [0.05, 0.1) is 5.41 Å². The molecule has 0 aliphatic heterocycles. The monoisotopic (exact) mass is 1200 g/mol. The molecular formula is C92H66N2. The van der Waals surface area contributed by atoms with E-state index in [1.807, 2.05) is 0 Å². The van der Waals surface area contributed by atoms with Crippen LogP contribution in [0, 0.1) is 5.41 Å². The average Bonchev–Trinajstić information content (AvgIpc) is 1.49. The van der Waals surface area contributed by atoms with Crippen molar-refractivity contribution in [1.29, 1.82) is 0 Å². The van der Waals surface area contributed by atoms with Gasteiger partial charge in [-0.15, -0.1) is 0 Å². The molecule has 3 aliphatic rings. The molecule has 17 rings (SSSR count). The maximum atomic E-state index is 2.55. The lowest BCUT2D eigenvalue weighted by Crippen LogP contribution is -2.41. The van der Waals surface area contributed by atoms with E-state index in [9.17, 15) is 0 Å². The van der Waals surface area contributed by atoms with Gasteiger partial charge in [0.15, 0.2) is 0 Å². The highest BCUT2D eigenvalue weighted by Gasteiger charge is 2.63. The first-order valence-corrected chi connectivity index (χ1v) is 32.7. The molecule has 2 heteroatoms. The van der Waals surface area contributed by atoms with Crippen LogP contribution < -0.4 is 9.80 Å². The Morgan fingerprint density at radius 3 is 1.03 bits per heavy atom. The topological polar surface area (TPSA) is 6.48 Å². The third kappa shape index (κ3) is 9.48. The zero-order valence-electron chi connectivity index (χ0n) is 52.3. The predicted octanol–water partition coefficient (Wildman–Crippen LogP) is 24.8. The van der Waals surface area contributed by atoms with Crippen molar-refractivity contribution < 1.29 is 0 Å². The molecule has 3 aliphatic carbocycles. The van der Waals surface area contributed by atoms with Crippen molar-refractivity contribution in [3.8, 4) is 89.0 Å². The van der Waals surface area contributed by atoms with Gasteiger partial charge in [0.25, 0.3) is 0 Å². The van der Waals surface area contributed by atoms with E-state index in [0.717, 1.165) is 78.6 Å². The summed E-state index contributed by atoms with van der Waals surface area (Å²) in [7, 11) is 0. The van der Waals surface area contributed by atoms with Crippen molar-refractivity contribution in [3.63, 3.8) is 0 Å². The van der Waals surface area contributed by atoms with E-state index >= 15 is 0 Å². The van der Waals surface area contributed by atoms with Crippen LogP contribution in [0.15, 0.2) is 376 Å². The molecule has 14 aromatic rings. The normalized spacial score (nSPS) is 15.2. The molecule has 94 heavy (non-hydrogen) atoms. The average molecular weight is 1200 g/mol. The Bertz CT molecular complexity index is 4900. The summed E-state index contributed by atoms with van der Waals surface area (Å²) in [5.74, 6) is 0.104. The van der Waals surface area contributed by atoms with Crippen LogP contribution in [0.25, 0.3) is 89.0 Å². The predicted molar refractivity (Wildman–Crippen MR) is 395 cm³/mol. The summed E-state index contributed by atoms with van der Waals surface area (Å²) in [6.45, 7) is 2.51. The van der Waals surface area contributed by atoms with Crippen LogP contribution in [0.2, 0.25) is 0 Å². The van der Waals surface area contributed by atoms with Gasteiger partial charge >= 0.3 is 0 Å². The van der Waals surface area contributed by atoms with E-state index in [1.54, 1.807) is 0 Å². The second-order valence-electron chi connectivity index (χ2n) is 25.3.